The molecule has 0 N–H and O–H groups in total. The van der Waals surface area contributed by atoms with E-state index in [0.717, 1.165) is 6.42 Å². The quantitative estimate of drug-likeness (QED) is 0.803. The van der Waals surface area contributed by atoms with Crippen molar-refractivity contribution in [3.8, 4) is 0 Å². The molecule has 1 aliphatic carbocycles. The SMILES string of the molecule is BrC1=CCCC[C@H]1OCc1ccccc1. The van der Waals surface area contributed by atoms with Gasteiger partial charge >= 0.3 is 0 Å². The first-order valence-electron chi connectivity index (χ1n) is 5.37. The lowest BCUT2D eigenvalue weighted by molar-refractivity contribution is 0.0605. The number of halogens is 1. The first kappa shape index (κ1) is 10.9. The summed E-state index contributed by atoms with van der Waals surface area (Å²) in [6.07, 6.45) is 6.02. The molecule has 0 amide bonds. The summed E-state index contributed by atoms with van der Waals surface area (Å²) in [7, 11) is 0. The third-order valence-corrected chi connectivity index (χ3v) is 3.45. The Kier molecular flexibility index (Phi) is 3.98. The van der Waals surface area contributed by atoms with Crippen molar-refractivity contribution < 1.29 is 4.74 Å². The smallest absolute Gasteiger partial charge is 0.0890 e. The highest BCUT2D eigenvalue weighted by molar-refractivity contribution is 9.11. The van der Waals surface area contributed by atoms with Gasteiger partial charge in [0.15, 0.2) is 0 Å². The Balaban J connectivity index is 1.88. The van der Waals surface area contributed by atoms with Gasteiger partial charge in [0.1, 0.15) is 0 Å². The van der Waals surface area contributed by atoms with Crippen LogP contribution in [0.5, 0.6) is 0 Å². The van der Waals surface area contributed by atoms with Crippen LogP contribution in [0, 0.1) is 0 Å². The van der Waals surface area contributed by atoms with Crippen LogP contribution in [0.15, 0.2) is 40.9 Å². The molecular weight excluding hydrogens is 252 g/mol. The second kappa shape index (κ2) is 5.47. The molecule has 0 unspecified atom stereocenters. The standard InChI is InChI=1S/C13H15BrO/c14-12-8-4-5-9-13(12)15-10-11-6-2-1-3-7-11/h1-3,6-8,13H,4-5,9-10H2/t13-/m1/s1. The van der Waals surface area contributed by atoms with Crippen LogP contribution in [-0.2, 0) is 11.3 Å². The Labute approximate surface area is 99.3 Å². The average Bonchev–Trinajstić information content (AvgIpc) is 2.29. The number of hydrogen-bond acceptors (Lipinski definition) is 1. The molecule has 1 aromatic rings. The Hall–Kier alpha value is -0.600. The molecule has 2 rings (SSSR count). The average molecular weight is 267 g/mol. The fourth-order valence-corrected chi connectivity index (χ4v) is 2.34. The van der Waals surface area contributed by atoms with E-state index in [1.807, 2.05) is 18.2 Å². The minimum atomic E-state index is 0.263. The maximum Gasteiger partial charge on any atom is 0.0890 e. The van der Waals surface area contributed by atoms with Crippen LogP contribution >= 0.6 is 15.9 Å². The predicted octanol–water partition coefficient (Wildman–Crippen LogP) is 4.03. The van der Waals surface area contributed by atoms with Gasteiger partial charge in [-0.2, -0.15) is 0 Å². The van der Waals surface area contributed by atoms with E-state index in [1.54, 1.807) is 0 Å². The molecule has 1 aliphatic rings. The van der Waals surface area contributed by atoms with Crippen molar-refractivity contribution in [1.82, 2.24) is 0 Å². The van der Waals surface area contributed by atoms with Crippen molar-refractivity contribution in [3.63, 3.8) is 0 Å². The van der Waals surface area contributed by atoms with E-state index in [0.29, 0.717) is 6.61 Å². The number of allylic oxidation sites excluding steroid dienone is 1. The molecule has 0 heterocycles. The highest BCUT2D eigenvalue weighted by Crippen LogP contribution is 2.26. The van der Waals surface area contributed by atoms with Crippen molar-refractivity contribution in [3.05, 3.63) is 46.5 Å². The third-order valence-electron chi connectivity index (χ3n) is 2.61. The molecule has 1 aromatic carbocycles. The topological polar surface area (TPSA) is 9.23 Å². The molecule has 0 radical (unpaired) electrons. The summed E-state index contributed by atoms with van der Waals surface area (Å²) < 4.78 is 7.08. The van der Waals surface area contributed by atoms with Crippen LogP contribution in [0.4, 0.5) is 0 Å². The molecule has 1 nitrogen and oxygen atoms in total. The molecule has 0 spiro atoms. The Morgan fingerprint density at radius 1 is 1.27 bits per heavy atom. The number of rotatable bonds is 3. The van der Waals surface area contributed by atoms with Crippen LogP contribution in [0.3, 0.4) is 0 Å². The molecule has 0 bridgehead atoms. The van der Waals surface area contributed by atoms with E-state index >= 15 is 0 Å². The fraction of sp³-hybridized carbons (Fsp3) is 0.385. The lowest BCUT2D eigenvalue weighted by Gasteiger charge is -2.20. The number of hydrogen-bond donors (Lipinski definition) is 0. The van der Waals surface area contributed by atoms with E-state index in [-0.39, 0.29) is 6.10 Å². The molecule has 0 saturated heterocycles. The fourth-order valence-electron chi connectivity index (χ4n) is 1.75. The molecule has 0 fully saturated rings. The highest BCUT2D eigenvalue weighted by atomic mass is 79.9. The van der Waals surface area contributed by atoms with Crippen molar-refractivity contribution in [2.24, 2.45) is 0 Å². The van der Waals surface area contributed by atoms with E-state index in [2.05, 4.69) is 34.1 Å². The summed E-state index contributed by atoms with van der Waals surface area (Å²) >= 11 is 3.56. The van der Waals surface area contributed by atoms with Gasteiger partial charge < -0.3 is 4.74 Å². The van der Waals surface area contributed by atoms with Crippen molar-refractivity contribution >= 4 is 15.9 Å². The number of benzene rings is 1. The van der Waals surface area contributed by atoms with Gasteiger partial charge in [-0.1, -0.05) is 52.3 Å². The predicted molar refractivity (Wildman–Crippen MR) is 65.9 cm³/mol. The van der Waals surface area contributed by atoms with Gasteiger partial charge in [0.2, 0.25) is 0 Å². The van der Waals surface area contributed by atoms with Crippen LogP contribution in [-0.4, -0.2) is 6.10 Å². The zero-order chi connectivity index (χ0) is 10.5. The molecule has 2 heteroatoms. The molecular formula is C13H15BrO. The summed E-state index contributed by atoms with van der Waals surface area (Å²) in [5.41, 5.74) is 1.24. The van der Waals surface area contributed by atoms with Gasteiger partial charge in [-0.15, -0.1) is 0 Å². The van der Waals surface area contributed by atoms with E-state index in [9.17, 15) is 0 Å². The van der Waals surface area contributed by atoms with Crippen molar-refractivity contribution in [2.75, 3.05) is 0 Å². The lowest BCUT2D eigenvalue weighted by Crippen LogP contribution is -2.15. The van der Waals surface area contributed by atoms with Gasteiger partial charge in [0, 0.05) is 4.48 Å². The van der Waals surface area contributed by atoms with E-state index in [4.69, 9.17) is 4.74 Å². The Morgan fingerprint density at radius 2 is 2.07 bits per heavy atom. The lowest BCUT2D eigenvalue weighted by atomic mass is 10.1. The molecule has 15 heavy (non-hydrogen) atoms. The summed E-state index contributed by atoms with van der Waals surface area (Å²) in [6.45, 7) is 0.703. The highest BCUT2D eigenvalue weighted by Gasteiger charge is 2.15. The van der Waals surface area contributed by atoms with Gasteiger partial charge in [-0.3, -0.25) is 0 Å². The van der Waals surface area contributed by atoms with Gasteiger partial charge in [0.05, 0.1) is 12.7 Å². The van der Waals surface area contributed by atoms with Crippen molar-refractivity contribution in [2.45, 2.75) is 32.0 Å². The Bertz CT molecular complexity index is 332. The largest absolute Gasteiger partial charge is 0.368 e. The minimum Gasteiger partial charge on any atom is -0.368 e. The first-order valence-corrected chi connectivity index (χ1v) is 6.16. The van der Waals surface area contributed by atoms with Gasteiger partial charge in [0.25, 0.3) is 0 Å². The maximum absolute atomic E-state index is 5.87. The molecule has 0 saturated carbocycles. The third kappa shape index (κ3) is 3.18. The second-order valence-electron chi connectivity index (χ2n) is 3.81. The maximum atomic E-state index is 5.87. The first-order chi connectivity index (χ1) is 7.36. The molecule has 1 atom stereocenters. The summed E-state index contributed by atoms with van der Waals surface area (Å²) in [5.74, 6) is 0. The van der Waals surface area contributed by atoms with Gasteiger partial charge in [-0.25, -0.2) is 0 Å². The van der Waals surface area contributed by atoms with Crippen LogP contribution < -0.4 is 0 Å². The van der Waals surface area contributed by atoms with E-state index in [1.165, 1.54) is 22.9 Å². The Morgan fingerprint density at radius 3 is 2.80 bits per heavy atom. The summed E-state index contributed by atoms with van der Waals surface area (Å²) in [6, 6.07) is 10.3. The van der Waals surface area contributed by atoms with Gasteiger partial charge in [-0.05, 0) is 24.8 Å². The van der Waals surface area contributed by atoms with E-state index < -0.39 is 0 Å². The van der Waals surface area contributed by atoms with Crippen LogP contribution in [0.1, 0.15) is 24.8 Å². The normalized spacial score (nSPS) is 21.1. The second-order valence-corrected chi connectivity index (χ2v) is 4.72. The molecule has 0 aliphatic heterocycles. The minimum absolute atomic E-state index is 0.263. The molecule has 80 valence electrons. The van der Waals surface area contributed by atoms with Crippen LogP contribution in [0.2, 0.25) is 0 Å². The zero-order valence-corrected chi connectivity index (χ0v) is 10.2. The molecule has 0 aromatic heterocycles. The summed E-state index contributed by atoms with van der Waals surface area (Å²) in [5, 5.41) is 0. The monoisotopic (exact) mass is 266 g/mol. The zero-order valence-electron chi connectivity index (χ0n) is 8.66. The summed E-state index contributed by atoms with van der Waals surface area (Å²) in [4.78, 5) is 0. The van der Waals surface area contributed by atoms with Crippen LogP contribution in [0.25, 0.3) is 0 Å². The van der Waals surface area contributed by atoms with Crippen molar-refractivity contribution in [1.29, 1.82) is 0 Å². The number of ether oxygens (including phenoxy) is 1.